The lowest BCUT2D eigenvalue weighted by Gasteiger charge is -2.44. The van der Waals surface area contributed by atoms with Crippen LogP contribution in [0.3, 0.4) is 0 Å². The van der Waals surface area contributed by atoms with Crippen molar-refractivity contribution in [3.8, 4) is 11.5 Å². The molecule has 10 heteroatoms. The fraction of sp³-hybridized carbons (Fsp3) is 0.465. The first-order valence-electron chi connectivity index (χ1n) is 19.7. The summed E-state index contributed by atoms with van der Waals surface area (Å²) in [5.41, 5.74) is 7.87. The van der Waals surface area contributed by atoms with Gasteiger partial charge in [0.25, 0.3) is 0 Å². The smallest absolute Gasteiger partial charge is 0.141 e. The van der Waals surface area contributed by atoms with Crippen molar-refractivity contribution in [3.63, 3.8) is 0 Å². The summed E-state index contributed by atoms with van der Waals surface area (Å²) in [4.78, 5) is 14.0. The molecule has 0 saturated carbocycles. The van der Waals surface area contributed by atoms with Gasteiger partial charge >= 0.3 is 0 Å². The van der Waals surface area contributed by atoms with E-state index in [1.807, 2.05) is 96.1 Å². The van der Waals surface area contributed by atoms with Crippen molar-refractivity contribution in [2.45, 2.75) is 66.8 Å². The molecular weight excluding hydrogens is 664 g/mol. The predicted octanol–water partition coefficient (Wildman–Crippen LogP) is 8.59. The van der Waals surface area contributed by atoms with E-state index in [4.69, 9.17) is 15.9 Å². The number of nitrogen functional groups attached to an aromatic ring is 1. The quantitative estimate of drug-likeness (QED) is 0.120. The fourth-order valence-corrected chi connectivity index (χ4v) is 6.62. The van der Waals surface area contributed by atoms with E-state index >= 15 is 0 Å². The van der Waals surface area contributed by atoms with Gasteiger partial charge in [-0.05, 0) is 92.7 Å². The maximum atomic E-state index is 11.9. The van der Waals surface area contributed by atoms with Gasteiger partial charge in [0.15, 0.2) is 0 Å². The number of rotatable bonds is 10. The number of ether oxygens (including phenoxy) is 1. The summed E-state index contributed by atoms with van der Waals surface area (Å²) in [5, 5.41) is 16.0. The maximum Gasteiger partial charge on any atom is 0.141 e. The molecule has 5 N–H and O–H groups in total. The highest BCUT2D eigenvalue weighted by atomic mass is 19.1. The highest BCUT2D eigenvalue weighted by Crippen LogP contribution is 2.27. The number of nitrogens with one attached hydrogen (secondary N) is 3. The van der Waals surface area contributed by atoms with Crippen molar-refractivity contribution in [2.24, 2.45) is 11.8 Å². The largest absolute Gasteiger partial charge is 0.457 e. The number of nitrogens with zero attached hydrogens (tertiary/aromatic N) is 4. The Balaban J connectivity index is 0.000000505. The zero-order chi connectivity index (χ0) is 38.4. The van der Waals surface area contributed by atoms with Crippen LogP contribution in [0.25, 0.3) is 0 Å². The molecule has 0 radical (unpaired) electrons. The van der Waals surface area contributed by atoms with Crippen LogP contribution in [0.2, 0.25) is 0 Å². The topological polar surface area (TPSA) is 115 Å². The Morgan fingerprint density at radius 2 is 1.38 bits per heavy atom. The van der Waals surface area contributed by atoms with E-state index in [0.29, 0.717) is 34.7 Å². The third-order valence-corrected chi connectivity index (χ3v) is 9.14. The summed E-state index contributed by atoms with van der Waals surface area (Å²) >= 11 is 0. The number of anilines is 2. The fourth-order valence-electron chi connectivity index (χ4n) is 6.62. The molecule has 7 rings (SSSR count). The molecule has 0 amide bonds. The molecule has 288 valence electrons. The van der Waals surface area contributed by atoms with Gasteiger partial charge in [-0.15, -0.1) is 0 Å². The first-order valence-corrected chi connectivity index (χ1v) is 19.7. The van der Waals surface area contributed by atoms with Crippen molar-refractivity contribution in [1.29, 1.82) is 5.41 Å². The lowest BCUT2D eigenvalue weighted by molar-refractivity contribution is 0.0500. The Morgan fingerprint density at radius 3 is 1.94 bits per heavy atom. The van der Waals surface area contributed by atoms with Gasteiger partial charge < -0.3 is 30.9 Å². The highest BCUT2D eigenvalue weighted by molar-refractivity contribution is 6.16. The van der Waals surface area contributed by atoms with Gasteiger partial charge in [-0.1, -0.05) is 77.9 Å². The number of likely N-dealkylation sites (tertiary alicyclic amines) is 2. The van der Waals surface area contributed by atoms with Crippen LogP contribution in [0.5, 0.6) is 11.5 Å². The van der Waals surface area contributed by atoms with Crippen LogP contribution in [-0.2, 0) is 0 Å². The molecule has 1 atom stereocenters. The average molecular weight is 727 g/mol. The van der Waals surface area contributed by atoms with Gasteiger partial charge in [0.2, 0.25) is 0 Å². The SMILES string of the molecule is CC.CC.CC.Fc1ccccc1.N=C(c1ccc(Oc2ccccc2)cc1)c1c(N)ncnc1NC1CCN(CC2CN(CC3CCNC3)C2)CC1. The number of hydrogen-bond donors (Lipinski definition) is 4. The van der Waals surface area contributed by atoms with Crippen LogP contribution < -0.4 is 21.1 Å². The second-order valence-corrected chi connectivity index (χ2v) is 12.8. The zero-order valence-corrected chi connectivity index (χ0v) is 32.8. The molecule has 4 aromatic rings. The summed E-state index contributed by atoms with van der Waals surface area (Å²) in [6.45, 7) is 21.5. The van der Waals surface area contributed by atoms with Crippen LogP contribution >= 0.6 is 0 Å². The molecule has 0 aliphatic carbocycles. The van der Waals surface area contributed by atoms with Gasteiger partial charge in [-0.2, -0.15) is 0 Å². The van der Waals surface area contributed by atoms with Crippen LogP contribution in [0.15, 0.2) is 91.3 Å². The Labute approximate surface area is 318 Å². The zero-order valence-electron chi connectivity index (χ0n) is 32.8. The number of hydrogen-bond acceptors (Lipinski definition) is 9. The summed E-state index contributed by atoms with van der Waals surface area (Å²) in [6.07, 6.45) is 4.90. The summed E-state index contributed by atoms with van der Waals surface area (Å²) in [6, 6.07) is 25.4. The number of halogens is 1. The predicted molar refractivity (Wildman–Crippen MR) is 220 cm³/mol. The van der Waals surface area contributed by atoms with Crippen molar-refractivity contribution in [3.05, 3.63) is 108 Å². The molecular formula is C43H63FN8O. The van der Waals surface area contributed by atoms with E-state index in [1.165, 1.54) is 64.1 Å². The summed E-state index contributed by atoms with van der Waals surface area (Å²) in [5.74, 6) is 3.91. The van der Waals surface area contributed by atoms with Gasteiger partial charge in [-0.25, -0.2) is 14.4 Å². The van der Waals surface area contributed by atoms with Crippen molar-refractivity contribution < 1.29 is 9.13 Å². The van der Waals surface area contributed by atoms with Crippen LogP contribution in [-0.4, -0.2) is 83.9 Å². The minimum Gasteiger partial charge on any atom is -0.457 e. The van der Waals surface area contributed by atoms with Gasteiger partial charge in [0.05, 0.1) is 11.3 Å². The second kappa shape index (κ2) is 24.0. The molecule has 3 aliphatic rings. The van der Waals surface area contributed by atoms with Crippen LogP contribution in [0, 0.1) is 23.1 Å². The third kappa shape index (κ3) is 13.8. The number of nitrogens with two attached hydrogens (primary N) is 1. The number of piperidine rings is 1. The molecule has 3 aromatic carbocycles. The van der Waals surface area contributed by atoms with E-state index in [2.05, 4.69) is 30.4 Å². The standard InChI is InChI=1S/C31H40N8O.C6H5F.3C2H6/c32-29(24-6-8-27(9-7-24)40-26-4-2-1-3-5-26)28-30(33)35-21-36-31(28)37-25-11-14-38(15-12-25)18-23-19-39(20-23)17-22-10-13-34-16-22;7-6-4-2-1-3-5-6;3*1-2/h1-9,21-23,25,32,34H,10-20H2,(H3,33,35,36,37);1-5H;3*1-2H3. The lowest BCUT2D eigenvalue weighted by atomic mass is 9.95. The summed E-state index contributed by atoms with van der Waals surface area (Å²) in [7, 11) is 0. The molecule has 4 heterocycles. The van der Waals surface area contributed by atoms with E-state index in [1.54, 1.807) is 18.2 Å². The second-order valence-electron chi connectivity index (χ2n) is 12.8. The monoisotopic (exact) mass is 727 g/mol. The van der Waals surface area contributed by atoms with Crippen molar-refractivity contribution >= 4 is 17.3 Å². The molecule has 1 unspecified atom stereocenters. The van der Waals surface area contributed by atoms with Crippen molar-refractivity contribution in [1.82, 2.24) is 25.1 Å². The Hall–Kier alpha value is -4.38. The Bertz CT molecular complexity index is 1550. The minimum atomic E-state index is -0.178. The van der Waals surface area contributed by atoms with Crippen LogP contribution in [0.4, 0.5) is 16.0 Å². The molecule has 9 nitrogen and oxygen atoms in total. The molecule has 0 bridgehead atoms. The first-order chi connectivity index (χ1) is 26.0. The Morgan fingerprint density at radius 1 is 0.792 bits per heavy atom. The molecule has 3 fully saturated rings. The first kappa shape index (κ1) is 43.0. The number of benzene rings is 3. The summed E-state index contributed by atoms with van der Waals surface area (Å²) < 4.78 is 17.8. The van der Waals surface area contributed by atoms with Gasteiger partial charge in [-0.3, -0.25) is 5.41 Å². The van der Waals surface area contributed by atoms with Crippen LogP contribution in [0.1, 0.15) is 71.9 Å². The third-order valence-electron chi connectivity index (χ3n) is 9.14. The number of para-hydroxylation sites is 1. The molecule has 1 aromatic heterocycles. The molecule has 3 saturated heterocycles. The van der Waals surface area contributed by atoms with Gasteiger partial charge in [0.1, 0.15) is 35.3 Å². The van der Waals surface area contributed by atoms with Gasteiger partial charge in [0, 0.05) is 50.9 Å². The minimum absolute atomic E-state index is 0.178. The van der Waals surface area contributed by atoms with E-state index < -0.39 is 0 Å². The van der Waals surface area contributed by atoms with E-state index in [0.717, 1.165) is 49.1 Å². The van der Waals surface area contributed by atoms with E-state index in [9.17, 15) is 4.39 Å². The number of aromatic nitrogens is 2. The molecule has 3 aliphatic heterocycles. The average Bonchev–Trinajstić information content (AvgIpc) is 3.72. The highest BCUT2D eigenvalue weighted by Gasteiger charge is 2.32. The molecule has 0 spiro atoms. The molecule has 53 heavy (non-hydrogen) atoms. The normalized spacial score (nSPS) is 17.2. The lowest BCUT2D eigenvalue weighted by Crippen LogP contribution is -2.54. The van der Waals surface area contributed by atoms with Crippen molar-refractivity contribution in [2.75, 3.05) is 63.4 Å². The maximum absolute atomic E-state index is 11.9. The van der Waals surface area contributed by atoms with E-state index in [-0.39, 0.29) is 5.82 Å². The Kier molecular flexibility index (Phi) is 19.5.